The van der Waals surface area contributed by atoms with Crippen molar-refractivity contribution >= 4 is 33.7 Å². The Morgan fingerprint density at radius 2 is 2.00 bits per heavy atom. The van der Waals surface area contributed by atoms with Crippen molar-refractivity contribution in [3.8, 4) is 0 Å². The average Bonchev–Trinajstić information content (AvgIpc) is 3.05. The van der Waals surface area contributed by atoms with Crippen LogP contribution in [-0.4, -0.2) is 21.1 Å². The second-order valence-corrected chi connectivity index (χ2v) is 7.41. The van der Waals surface area contributed by atoms with Crippen LogP contribution < -0.4 is 5.32 Å². The molecule has 0 spiro atoms. The second kappa shape index (κ2) is 5.50. The summed E-state index contributed by atoms with van der Waals surface area (Å²) in [5.74, 6) is -0.169. The van der Waals surface area contributed by atoms with E-state index < -0.39 is 0 Å². The minimum Gasteiger partial charge on any atom is -0.296 e. The number of rotatable bonds is 4. The molecule has 2 aromatic heterocycles. The number of amides is 1. The molecule has 1 aliphatic carbocycles. The van der Waals surface area contributed by atoms with Gasteiger partial charge >= 0.3 is 0 Å². The van der Waals surface area contributed by atoms with Crippen molar-refractivity contribution in [3.63, 3.8) is 0 Å². The summed E-state index contributed by atoms with van der Waals surface area (Å²) < 4.78 is 0. The monoisotopic (exact) mass is 342 g/mol. The van der Waals surface area contributed by atoms with Crippen LogP contribution in [0.25, 0.3) is 0 Å². The average molecular weight is 342 g/mol. The summed E-state index contributed by atoms with van der Waals surface area (Å²) in [6.07, 6.45) is 2.15. The molecule has 0 bridgehead atoms. The zero-order valence-electron chi connectivity index (χ0n) is 12.4. The van der Waals surface area contributed by atoms with Crippen molar-refractivity contribution in [2.75, 3.05) is 5.32 Å². The highest BCUT2D eigenvalue weighted by atomic mass is 32.1. The molecule has 0 unspecified atom stereocenters. The molecule has 1 fully saturated rings. The molecular formula is C16H14N4OS2. The van der Waals surface area contributed by atoms with Crippen molar-refractivity contribution in [2.45, 2.75) is 25.2 Å². The predicted molar refractivity (Wildman–Crippen MR) is 91.2 cm³/mol. The number of carbonyl (C=O) groups excluding carboxylic acids is 1. The number of thiazole rings is 1. The third kappa shape index (κ3) is 2.55. The van der Waals surface area contributed by atoms with E-state index in [1.165, 1.54) is 28.2 Å². The number of aryl methyl sites for hydroxylation is 1. The number of aromatic nitrogens is 3. The van der Waals surface area contributed by atoms with Gasteiger partial charge in [0.25, 0.3) is 5.91 Å². The van der Waals surface area contributed by atoms with Crippen LogP contribution in [0.4, 0.5) is 5.13 Å². The van der Waals surface area contributed by atoms with E-state index in [1.807, 2.05) is 25.1 Å². The number of anilines is 1. The van der Waals surface area contributed by atoms with Crippen LogP contribution in [0, 0.1) is 6.92 Å². The summed E-state index contributed by atoms with van der Waals surface area (Å²) in [5, 5.41) is 12.8. The fraction of sp³-hybridized carbons (Fsp3) is 0.250. The van der Waals surface area contributed by atoms with Crippen LogP contribution in [0.5, 0.6) is 0 Å². The molecule has 1 amide bonds. The summed E-state index contributed by atoms with van der Waals surface area (Å²) in [4.78, 5) is 17.0. The Bertz CT molecular complexity index is 852. The van der Waals surface area contributed by atoms with Crippen molar-refractivity contribution < 1.29 is 4.79 Å². The van der Waals surface area contributed by atoms with Gasteiger partial charge in [-0.05, 0) is 25.3 Å². The molecule has 2 heterocycles. The number of nitrogens with one attached hydrogen (secondary N) is 1. The number of hydrogen-bond donors (Lipinski definition) is 1. The maximum atomic E-state index is 12.2. The molecule has 1 aliphatic rings. The lowest BCUT2D eigenvalue weighted by Gasteiger charge is -2.10. The van der Waals surface area contributed by atoms with Gasteiger partial charge in [-0.3, -0.25) is 10.1 Å². The summed E-state index contributed by atoms with van der Waals surface area (Å²) in [6, 6.07) is 10.4. The van der Waals surface area contributed by atoms with Crippen LogP contribution >= 0.6 is 22.7 Å². The minimum absolute atomic E-state index is 0.0116. The minimum atomic E-state index is -0.169. The molecule has 7 heteroatoms. The van der Waals surface area contributed by atoms with Crippen molar-refractivity contribution in [1.82, 2.24) is 15.2 Å². The highest BCUT2D eigenvalue weighted by Gasteiger charge is 2.48. The van der Waals surface area contributed by atoms with E-state index in [0.29, 0.717) is 10.0 Å². The fourth-order valence-electron chi connectivity index (χ4n) is 2.65. The Morgan fingerprint density at radius 3 is 2.65 bits per heavy atom. The first-order valence-electron chi connectivity index (χ1n) is 7.30. The van der Waals surface area contributed by atoms with Crippen LogP contribution in [0.15, 0.2) is 35.8 Å². The van der Waals surface area contributed by atoms with Crippen molar-refractivity contribution in [1.29, 1.82) is 0 Å². The van der Waals surface area contributed by atoms with E-state index in [0.717, 1.165) is 23.5 Å². The Morgan fingerprint density at radius 1 is 1.22 bits per heavy atom. The lowest BCUT2D eigenvalue weighted by Crippen LogP contribution is -2.11. The van der Waals surface area contributed by atoms with E-state index in [-0.39, 0.29) is 11.3 Å². The highest BCUT2D eigenvalue weighted by molar-refractivity contribution is 7.16. The molecular weight excluding hydrogens is 328 g/mol. The zero-order chi connectivity index (χ0) is 15.9. The SMILES string of the molecule is Cc1ncsc1C(=O)Nc1nnc(C2(c3ccccc3)CC2)s1. The van der Waals surface area contributed by atoms with Crippen molar-refractivity contribution in [2.24, 2.45) is 0 Å². The normalized spacial score (nSPS) is 15.3. The molecule has 0 radical (unpaired) electrons. The van der Waals surface area contributed by atoms with Crippen LogP contribution in [0.3, 0.4) is 0 Å². The third-order valence-electron chi connectivity index (χ3n) is 4.08. The van der Waals surface area contributed by atoms with E-state index >= 15 is 0 Å². The summed E-state index contributed by atoms with van der Waals surface area (Å²) in [6.45, 7) is 1.82. The highest BCUT2D eigenvalue weighted by Crippen LogP contribution is 2.54. The largest absolute Gasteiger partial charge is 0.296 e. The molecule has 1 aromatic carbocycles. The van der Waals surface area contributed by atoms with Gasteiger partial charge in [-0.15, -0.1) is 21.5 Å². The van der Waals surface area contributed by atoms with E-state index in [1.54, 1.807) is 5.51 Å². The molecule has 3 aromatic rings. The van der Waals surface area contributed by atoms with Crippen LogP contribution in [0.1, 0.15) is 38.8 Å². The third-order valence-corrected chi connectivity index (χ3v) is 6.05. The summed E-state index contributed by atoms with van der Waals surface area (Å²) >= 11 is 2.79. The number of hydrogen-bond acceptors (Lipinski definition) is 6. The van der Waals surface area contributed by atoms with Crippen LogP contribution in [-0.2, 0) is 5.41 Å². The van der Waals surface area contributed by atoms with E-state index in [4.69, 9.17) is 0 Å². The Labute approximate surface area is 141 Å². The van der Waals surface area contributed by atoms with E-state index in [2.05, 4.69) is 32.6 Å². The molecule has 0 aliphatic heterocycles. The van der Waals surface area contributed by atoms with Gasteiger partial charge in [0, 0.05) is 5.41 Å². The zero-order valence-corrected chi connectivity index (χ0v) is 14.1. The maximum absolute atomic E-state index is 12.2. The quantitative estimate of drug-likeness (QED) is 0.786. The number of carbonyl (C=O) groups is 1. The molecule has 1 saturated carbocycles. The van der Waals surface area contributed by atoms with Gasteiger partial charge in [-0.2, -0.15) is 0 Å². The lowest BCUT2D eigenvalue weighted by molar-refractivity contribution is 0.102. The first-order chi connectivity index (χ1) is 11.2. The molecule has 4 rings (SSSR count). The topological polar surface area (TPSA) is 67.8 Å². The molecule has 23 heavy (non-hydrogen) atoms. The van der Waals surface area contributed by atoms with Gasteiger partial charge in [0.15, 0.2) is 0 Å². The molecule has 116 valence electrons. The molecule has 5 nitrogen and oxygen atoms in total. The Kier molecular flexibility index (Phi) is 3.46. The van der Waals surface area contributed by atoms with Gasteiger partial charge in [0.05, 0.1) is 11.2 Å². The van der Waals surface area contributed by atoms with Gasteiger partial charge in [0.2, 0.25) is 5.13 Å². The van der Waals surface area contributed by atoms with Gasteiger partial charge in [0.1, 0.15) is 9.88 Å². The molecule has 0 saturated heterocycles. The smallest absolute Gasteiger partial charge is 0.269 e. The number of nitrogens with zero attached hydrogens (tertiary/aromatic N) is 3. The second-order valence-electron chi connectivity index (χ2n) is 5.58. The van der Waals surface area contributed by atoms with Gasteiger partial charge in [-0.1, -0.05) is 41.7 Å². The van der Waals surface area contributed by atoms with Gasteiger partial charge < -0.3 is 0 Å². The van der Waals surface area contributed by atoms with E-state index in [9.17, 15) is 4.79 Å². The fourth-order valence-corrected chi connectivity index (χ4v) is 4.35. The summed E-state index contributed by atoms with van der Waals surface area (Å²) in [7, 11) is 0. The number of benzene rings is 1. The predicted octanol–water partition coefficient (Wildman–Crippen LogP) is 3.64. The summed E-state index contributed by atoms with van der Waals surface area (Å²) in [5.41, 5.74) is 3.67. The maximum Gasteiger partial charge on any atom is 0.269 e. The molecule has 1 N–H and O–H groups in total. The molecule has 0 atom stereocenters. The van der Waals surface area contributed by atoms with Crippen LogP contribution in [0.2, 0.25) is 0 Å². The van der Waals surface area contributed by atoms with Crippen molar-refractivity contribution in [3.05, 3.63) is 57.0 Å². The Balaban J connectivity index is 1.56. The first kappa shape index (κ1) is 14.5. The first-order valence-corrected chi connectivity index (χ1v) is 9.00. The standard InChI is InChI=1S/C16H14N4OS2/c1-10-12(22-9-17-10)13(21)18-15-20-19-14(23-15)16(7-8-16)11-5-3-2-4-6-11/h2-6,9H,7-8H2,1H3,(H,18,20,21). The lowest BCUT2D eigenvalue weighted by atomic mass is 9.97. The van der Waals surface area contributed by atoms with Gasteiger partial charge in [-0.25, -0.2) is 4.98 Å². The Hall–Kier alpha value is -2.12.